The molecular formula is C18H26N2O2. The molecule has 1 aromatic rings. The van der Waals surface area contributed by atoms with E-state index in [0.29, 0.717) is 6.54 Å². The van der Waals surface area contributed by atoms with E-state index in [4.69, 9.17) is 0 Å². The van der Waals surface area contributed by atoms with Crippen LogP contribution in [0.1, 0.15) is 50.2 Å². The van der Waals surface area contributed by atoms with Gasteiger partial charge in [-0.3, -0.25) is 4.79 Å². The molecule has 1 saturated carbocycles. The van der Waals surface area contributed by atoms with Crippen LogP contribution in [0.2, 0.25) is 0 Å². The largest absolute Gasteiger partial charge is 0.387 e. The van der Waals surface area contributed by atoms with Gasteiger partial charge in [0.1, 0.15) is 0 Å². The lowest BCUT2D eigenvalue weighted by atomic mass is 10.1. The van der Waals surface area contributed by atoms with Crippen LogP contribution >= 0.6 is 0 Å². The minimum atomic E-state index is -0.453. The number of carbonyl (C=O) groups is 1. The van der Waals surface area contributed by atoms with Crippen molar-refractivity contribution < 1.29 is 9.90 Å². The summed E-state index contributed by atoms with van der Waals surface area (Å²) in [7, 11) is 0. The second kappa shape index (κ2) is 7.25. The van der Waals surface area contributed by atoms with Gasteiger partial charge >= 0.3 is 0 Å². The Bertz CT molecular complexity index is 488. The molecule has 1 saturated heterocycles. The molecule has 0 spiro atoms. The van der Waals surface area contributed by atoms with E-state index in [2.05, 4.69) is 10.2 Å². The number of anilines is 1. The van der Waals surface area contributed by atoms with Gasteiger partial charge in [0.2, 0.25) is 5.91 Å². The molecule has 22 heavy (non-hydrogen) atoms. The predicted octanol–water partition coefficient (Wildman–Crippen LogP) is 2.94. The molecule has 0 aromatic heterocycles. The van der Waals surface area contributed by atoms with E-state index >= 15 is 0 Å². The zero-order chi connectivity index (χ0) is 15.4. The van der Waals surface area contributed by atoms with Gasteiger partial charge in [-0.1, -0.05) is 25.0 Å². The number of hydrogen-bond acceptors (Lipinski definition) is 3. The van der Waals surface area contributed by atoms with Crippen molar-refractivity contribution in [2.24, 2.45) is 5.92 Å². The fourth-order valence-corrected chi connectivity index (χ4v) is 3.05. The SMILES string of the molecule is O=C(Nc1ccc(C(O)CN2CCCCCC2)cc1)C1CC1. The zero-order valence-electron chi connectivity index (χ0n) is 13.1. The van der Waals surface area contributed by atoms with Gasteiger partial charge in [0, 0.05) is 18.2 Å². The second-order valence-corrected chi connectivity index (χ2v) is 6.62. The lowest BCUT2D eigenvalue weighted by Crippen LogP contribution is -2.29. The molecule has 2 aliphatic rings. The highest BCUT2D eigenvalue weighted by atomic mass is 16.3. The standard InChI is InChI=1S/C18H26N2O2/c21-17(13-20-11-3-1-2-4-12-20)14-7-9-16(10-8-14)19-18(22)15-5-6-15/h7-10,15,17,21H,1-6,11-13H2,(H,19,22). The Hall–Kier alpha value is -1.39. The van der Waals surface area contributed by atoms with Crippen LogP contribution in [-0.2, 0) is 4.79 Å². The molecule has 1 aliphatic carbocycles. The zero-order valence-corrected chi connectivity index (χ0v) is 13.1. The van der Waals surface area contributed by atoms with E-state index < -0.39 is 6.10 Å². The number of likely N-dealkylation sites (tertiary alicyclic amines) is 1. The summed E-state index contributed by atoms with van der Waals surface area (Å²) in [4.78, 5) is 14.1. The maximum atomic E-state index is 11.7. The molecule has 1 aromatic carbocycles. The normalized spacial score (nSPS) is 21.1. The number of β-amino-alcohol motifs (C(OH)–C–C–N with tert-alkyl or cyclic N) is 1. The van der Waals surface area contributed by atoms with E-state index in [1.165, 1.54) is 25.7 Å². The van der Waals surface area contributed by atoms with Crippen molar-refractivity contribution in [3.05, 3.63) is 29.8 Å². The van der Waals surface area contributed by atoms with Crippen LogP contribution in [0.25, 0.3) is 0 Å². The Labute approximate surface area is 132 Å². The third kappa shape index (κ3) is 4.31. The van der Waals surface area contributed by atoms with Gasteiger partial charge in [-0.25, -0.2) is 0 Å². The number of aliphatic hydroxyl groups is 1. The van der Waals surface area contributed by atoms with Crippen molar-refractivity contribution in [3.63, 3.8) is 0 Å². The molecule has 2 N–H and O–H groups in total. The van der Waals surface area contributed by atoms with E-state index in [9.17, 15) is 9.90 Å². The lowest BCUT2D eigenvalue weighted by Gasteiger charge is -2.23. The fourth-order valence-electron chi connectivity index (χ4n) is 3.05. The third-order valence-corrected chi connectivity index (χ3v) is 4.64. The maximum Gasteiger partial charge on any atom is 0.227 e. The van der Waals surface area contributed by atoms with Crippen LogP contribution in [0.15, 0.2) is 24.3 Å². The average Bonchev–Trinajstić information content (AvgIpc) is 3.36. The highest BCUT2D eigenvalue weighted by molar-refractivity contribution is 5.93. The van der Waals surface area contributed by atoms with Gasteiger partial charge in [0.25, 0.3) is 0 Å². The summed E-state index contributed by atoms with van der Waals surface area (Å²) in [5, 5.41) is 13.3. The van der Waals surface area contributed by atoms with Crippen molar-refractivity contribution >= 4 is 11.6 Å². The maximum absolute atomic E-state index is 11.7. The van der Waals surface area contributed by atoms with Gasteiger partial charge in [0.05, 0.1) is 6.10 Å². The molecule has 1 amide bonds. The Morgan fingerprint density at radius 2 is 1.77 bits per heavy atom. The topological polar surface area (TPSA) is 52.6 Å². The van der Waals surface area contributed by atoms with Gasteiger partial charge in [0.15, 0.2) is 0 Å². The number of amides is 1. The first-order valence-corrected chi connectivity index (χ1v) is 8.53. The molecular weight excluding hydrogens is 276 g/mol. The van der Waals surface area contributed by atoms with E-state index in [1.807, 2.05) is 24.3 Å². The Morgan fingerprint density at radius 1 is 1.14 bits per heavy atom. The molecule has 120 valence electrons. The number of nitrogens with one attached hydrogen (secondary N) is 1. The lowest BCUT2D eigenvalue weighted by molar-refractivity contribution is -0.117. The minimum absolute atomic E-state index is 0.123. The van der Waals surface area contributed by atoms with Gasteiger partial charge in [-0.15, -0.1) is 0 Å². The molecule has 4 nitrogen and oxygen atoms in total. The second-order valence-electron chi connectivity index (χ2n) is 6.62. The predicted molar refractivity (Wildman–Crippen MR) is 87.7 cm³/mol. The van der Waals surface area contributed by atoms with E-state index in [1.54, 1.807) is 0 Å². The molecule has 1 aliphatic heterocycles. The number of rotatable bonds is 5. The molecule has 1 heterocycles. The van der Waals surface area contributed by atoms with Crippen LogP contribution in [-0.4, -0.2) is 35.5 Å². The quantitative estimate of drug-likeness (QED) is 0.879. The number of benzene rings is 1. The van der Waals surface area contributed by atoms with Crippen molar-refractivity contribution in [2.75, 3.05) is 25.0 Å². The first-order valence-electron chi connectivity index (χ1n) is 8.53. The molecule has 2 fully saturated rings. The third-order valence-electron chi connectivity index (χ3n) is 4.64. The van der Waals surface area contributed by atoms with Crippen LogP contribution in [0.4, 0.5) is 5.69 Å². The monoisotopic (exact) mass is 302 g/mol. The number of aliphatic hydroxyl groups excluding tert-OH is 1. The van der Waals surface area contributed by atoms with Crippen molar-refractivity contribution in [1.29, 1.82) is 0 Å². The summed E-state index contributed by atoms with van der Waals surface area (Å²) < 4.78 is 0. The smallest absolute Gasteiger partial charge is 0.227 e. The van der Waals surface area contributed by atoms with Crippen LogP contribution in [0.5, 0.6) is 0 Å². The minimum Gasteiger partial charge on any atom is -0.387 e. The molecule has 1 atom stereocenters. The molecule has 0 radical (unpaired) electrons. The van der Waals surface area contributed by atoms with Crippen LogP contribution in [0, 0.1) is 5.92 Å². The van der Waals surface area contributed by atoms with Crippen LogP contribution < -0.4 is 5.32 Å². The van der Waals surface area contributed by atoms with E-state index in [0.717, 1.165) is 37.2 Å². The van der Waals surface area contributed by atoms with Crippen LogP contribution in [0.3, 0.4) is 0 Å². The highest BCUT2D eigenvalue weighted by Gasteiger charge is 2.29. The number of hydrogen-bond donors (Lipinski definition) is 2. The summed E-state index contributed by atoms with van der Waals surface area (Å²) >= 11 is 0. The highest BCUT2D eigenvalue weighted by Crippen LogP contribution is 2.30. The van der Waals surface area contributed by atoms with Gasteiger partial charge in [-0.2, -0.15) is 0 Å². The summed E-state index contributed by atoms with van der Waals surface area (Å²) in [5.41, 5.74) is 1.75. The summed E-state index contributed by atoms with van der Waals surface area (Å²) in [6, 6.07) is 7.62. The number of carbonyl (C=O) groups excluding carboxylic acids is 1. The summed E-state index contributed by atoms with van der Waals surface area (Å²) in [5.74, 6) is 0.339. The molecule has 1 unspecified atom stereocenters. The van der Waals surface area contributed by atoms with E-state index in [-0.39, 0.29) is 11.8 Å². The number of nitrogens with zero attached hydrogens (tertiary/aromatic N) is 1. The summed E-state index contributed by atoms with van der Waals surface area (Å²) in [6.45, 7) is 2.88. The van der Waals surface area contributed by atoms with Crippen molar-refractivity contribution in [1.82, 2.24) is 4.90 Å². The average molecular weight is 302 g/mol. The van der Waals surface area contributed by atoms with Gasteiger partial charge in [-0.05, 0) is 56.5 Å². The Kier molecular flexibility index (Phi) is 5.11. The van der Waals surface area contributed by atoms with Gasteiger partial charge < -0.3 is 15.3 Å². The fraction of sp³-hybridized carbons (Fsp3) is 0.611. The summed E-state index contributed by atoms with van der Waals surface area (Å²) in [6.07, 6.45) is 6.66. The first-order chi connectivity index (χ1) is 10.7. The first kappa shape index (κ1) is 15.5. The Balaban J connectivity index is 1.53. The molecule has 3 rings (SSSR count). The van der Waals surface area contributed by atoms with Crippen molar-refractivity contribution in [2.45, 2.75) is 44.6 Å². The molecule has 0 bridgehead atoms. The van der Waals surface area contributed by atoms with Crippen molar-refractivity contribution in [3.8, 4) is 0 Å². The Morgan fingerprint density at radius 3 is 2.36 bits per heavy atom. The molecule has 4 heteroatoms.